The third-order valence-corrected chi connectivity index (χ3v) is 8.28. The number of amidine groups is 1. The van der Waals surface area contributed by atoms with Gasteiger partial charge in [0, 0.05) is 36.8 Å². The Kier molecular flexibility index (Phi) is 6.51. The van der Waals surface area contributed by atoms with Crippen molar-refractivity contribution in [2.75, 3.05) is 19.8 Å². The third kappa shape index (κ3) is 4.78. The molecule has 0 spiro atoms. The zero-order valence-corrected chi connectivity index (χ0v) is 20.9. The van der Waals surface area contributed by atoms with Crippen LogP contribution < -0.4 is 5.43 Å². The molecule has 3 aromatic rings. The molecule has 0 bridgehead atoms. The van der Waals surface area contributed by atoms with Gasteiger partial charge < -0.3 is 8.98 Å². The molecule has 0 radical (unpaired) electrons. The molecule has 0 aliphatic carbocycles. The maximum absolute atomic E-state index is 12.5. The van der Waals surface area contributed by atoms with Crippen LogP contribution in [0.3, 0.4) is 0 Å². The van der Waals surface area contributed by atoms with Crippen molar-refractivity contribution in [2.45, 2.75) is 32.2 Å². The van der Waals surface area contributed by atoms with Crippen LogP contribution >= 0.6 is 11.8 Å². The van der Waals surface area contributed by atoms with Crippen molar-refractivity contribution in [3.05, 3.63) is 70.9 Å². The number of rotatable bonds is 6. The lowest BCUT2D eigenvalue weighted by Gasteiger charge is -2.16. The van der Waals surface area contributed by atoms with E-state index in [1.54, 1.807) is 24.5 Å². The normalized spacial score (nSPS) is 15.7. The fourth-order valence-electron chi connectivity index (χ4n) is 3.60. The molecule has 10 heteroatoms. The summed E-state index contributed by atoms with van der Waals surface area (Å²) in [6.45, 7) is 6.74. The Morgan fingerprint density at radius 1 is 1.21 bits per heavy atom. The number of nitrogens with zero attached hydrogens (tertiary/aromatic N) is 4. The highest BCUT2D eigenvalue weighted by molar-refractivity contribution is 8.14. The van der Waals surface area contributed by atoms with Gasteiger partial charge in [-0.15, -0.1) is 0 Å². The zero-order chi connectivity index (χ0) is 23.8. The number of benzene rings is 1. The average molecular weight is 486 g/mol. The van der Waals surface area contributed by atoms with Crippen molar-refractivity contribution in [3.63, 3.8) is 0 Å². The summed E-state index contributed by atoms with van der Waals surface area (Å²) in [5.74, 6) is 1.57. The van der Waals surface area contributed by atoms with Crippen molar-refractivity contribution in [1.82, 2.24) is 14.3 Å². The number of hydrogen-bond donors (Lipinski definition) is 1. The highest BCUT2D eigenvalue weighted by Crippen LogP contribution is 2.27. The second kappa shape index (κ2) is 9.20. The first kappa shape index (κ1) is 23.3. The fraction of sp³-hybridized carbons (Fsp3) is 0.304. The van der Waals surface area contributed by atoms with Crippen LogP contribution in [0.4, 0.5) is 5.69 Å². The molecule has 1 aliphatic heterocycles. The molecule has 0 saturated heterocycles. The van der Waals surface area contributed by atoms with Crippen LogP contribution in [0.5, 0.6) is 0 Å². The number of thioether (sulfide) groups is 1. The summed E-state index contributed by atoms with van der Waals surface area (Å²) < 4.78 is 33.9. The number of furan rings is 1. The van der Waals surface area contributed by atoms with Crippen LogP contribution in [-0.2, 0) is 16.6 Å². The highest BCUT2D eigenvalue weighted by Gasteiger charge is 2.21. The first-order valence-electron chi connectivity index (χ1n) is 10.4. The molecule has 1 aliphatic rings. The number of aliphatic imine (C=N–C) groups is 1. The molecule has 1 N–H and O–H groups in total. The number of aryl methyl sites for hydroxylation is 2. The number of hydrogen-bond acceptors (Lipinski definition) is 6. The second-order valence-electron chi connectivity index (χ2n) is 8.06. The molecular weight excluding hydrogens is 458 g/mol. The van der Waals surface area contributed by atoms with E-state index in [0.29, 0.717) is 23.2 Å². The summed E-state index contributed by atoms with van der Waals surface area (Å²) in [7, 11) is -0.497. The second-order valence-corrected chi connectivity index (χ2v) is 11.2. The molecule has 33 heavy (non-hydrogen) atoms. The molecule has 0 atom stereocenters. The number of aromatic nitrogens is 1. The van der Waals surface area contributed by atoms with Crippen LogP contribution in [0.15, 0.2) is 62.1 Å². The van der Waals surface area contributed by atoms with Gasteiger partial charge in [0.15, 0.2) is 5.17 Å². The monoisotopic (exact) mass is 485 g/mol. The molecule has 0 unspecified atom stereocenters. The van der Waals surface area contributed by atoms with E-state index in [0.717, 1.165) is 34.0 Å². The summed E-state index contributed by atoms with van der Waals surface area (Å²) in [6, 6.07) is 11.0. The van der Waals surface area contributed by atoms with E-state index >= 15 is 0 Å². The molecule has 0 amide bonds. The van der Waals surface area contributed by atoms with E-state index in [1.807, 2.05) is 19.1 Å². The lowest BCUT2D eigenvalue weighted by atomic mass is 10.1. The van der Waals surface area contributed by atoms with Crippen LogP contribution in [0.25, 0.3) is 0 Å². The van der Waals surface area contributed by atoms with Gasteiger partial charge in [-0.1, -0.05) is 17.8 Å². The van der Waals surface area contributed by atoms with E-state index in [1.165, 1.54) is 30.2 Å². The van der Waals surface area contributed by atoms with Gasteiger partial charge in [0.05, 0.1) is 29.1 Å². The Bertz CT molecular complexity index is 1340. The molecule has 4 rings (SSSR count). The van der Waals surface area contributed by atoms with Crippen molar-refractivity contribution in [1.29, 1.82) is 0 Å². The molecule has 0 fully saturated rings. The molecule has 3 heterocycles. The van der Waals surface area contributed by atoms with Crippen LogP contribution in [0, 0.1) is 20.8 Å². The summed E-state index contributed by atoms with van der Waals surface area (Å²) >= 11 is 1.54. The molecule has 0 saturated carbocycles. The Hall–Kier alpha value is -2.82. The minimum atomic E-state index is -3.53. The summed E-state index contributed by atoms with van der Waals surface area (Å²) in [5.41, 5.74) is 8.83. The Balaban J connectivity index is 1.57. The molecule has 2 aromatic heterocycles. The molecule has 8 nitrogen and oxygen atoms in total. The first-order valence-corrected chi connectivity index (χ1v) is 12.9. The maximum Gasteiger partial charge on any atom is 0.242 e. The summed E-state index contributed by atoms with van der Waals surface area (Å²) in [5, 5.41) is 5.20. The van der Waals surface area contributed by atoms with Gasteiger partial charge in [-0.25, -0.2) is 17.7 Å². The lowest BCUT2D eigenvalue weighted by Crippen LogP contribution is -2.25. The molecule has 1 aromatic carbocycles. The van der Waals surface area contributed by atoms with Crippen LogP contribution in [0.1, 0.15) is 28.3 Å². The molecule has 174 valence electrons. The Morgan fingerprint density at radius 2 is 2.00 bits per heavy atom. The Morgan fingerprint density at radius 3 is 2.64 bits per heavy atom. The van der Waals surface area contributed by atoms with Gasteiger partial charge in [0.1, 0.15) is 5.76 Å². The lowest BCUT2D eigenvalue weighted by molar-refractivity contribution is 0.489. The smallest absolute Gasteiger partial charge is 0.242 e. The van der Waals surface area contributed by atoms with Gasteiger partial charge in [-0.05, 0) is 56.7 Å². The largest absolute Gasteiger partial charge is 0.467 e. The summed E-state index contributed by atoms with van der Waals surface area (Å²) in [4.78, 5) is 4.85. The van der Waals surface area contributed by atoms with Crippen molar-refractivity contribution in [3.8, 4) is 0 Å². The van der Waals surface area contributed by atoms with Gasteiger partial charge in [0.25, 0.3) is 0 Å². The van der Waals surface area contributed by atoms with E-state index in [9.17, 15) is 8.42 Å². The number of nitrogens with one attached hydrogen (secondary N) is 1. The van der Waals surface area contributed by atoms with Crippen molar-refractivity contribution < 1.29 is 12.8 Å². The minimum Gasteiger partial charge on any atom is -0.467 e. The molecular formula is C23H27N5O3S2. The predicted molar refractivity (Wildman–Crippen MR) is 133 cm³/mol. The minimum absolute atomic E-state index is 0.214. The van der Waals surface area contributed by atoms with Crippen molar-refractivity contribution in [2.24, 2.45) is 10.1 Å². The quantitative estimate of drug-likeness (QED) is 0.569. The Labute approximate surface area is 198 Å². The maximum atomic E-state index is 12.5. The van der Waals surface area contributed by atoms with Gasteiger partial charge in [0.2, 0.25) is 10.0 Å². The topological polar surface area (TPSA) is 92.2 Å². The zero-order valence-electron chi connectivity index (χ0n) is 19.3. The highest BCUT2D eigenvalue weighted by atomic mass is 32.2. The number of sulfonamides is 1. The van der Waals surface area contributed by atoms with Crippen molar-refractivity contribution >= 4 is 38.4 Å². The SMILES string of the molecule is Cc1ccc(S(=O)(=O)N(C)C)cc1N=C1NN=C(c2cc(C)n(Cc3ccco3)c2C)CS1. The van der Waals surface area contributed by atoms with Crippen LogP contribution in [-0.4, -0.2) is 48.0 Å². The van der Waals surface area contributed by atoms with Gasteiger partial charge in [-0.3, -0.25) is 5.43 Å². The van der Waals surface area contributed by atoms with E-state index in [4.69, 9.17) is 4.42 Å². The first-order chi connectivity index (χ1) is 15.7. The van der Waals surface area contributed by atoms with E-state index in [2.05, 4.69) is 40.0 Å². The number of hydrazone groups is 1. The predicted octanol–water partition coefficient (Wildman–Crippen LogP) is 4.03. The average Bonchev–Trinajstić information content (AvgIpc) is 3.39. The van der Waals surface area contributed by atoms with Crippen LogP contribution in [0.2, 0.25) is 0 Å². The van der Waals surface area contributed by atoms with E-state index < -0.39 is 10.0 Å². The van der Waals surface area contributed by atoms with Gasteiger partial charge >= 0.3 is 0 Å². The van der Waals surface area contributed by atoms with Gasteiger partial charge in [-0.2, -0.15) is 5.10 Å². The standard InChI is InChI=1S/C23H27N5O3S2/c1-15-8-9-19(33(29,30)27(4)5)12-21(15)24-23-26-25-22(14-32-23)20-11-16(2)28(17(20)3)13-18-7-6-10-31-18/h6-12H,13-14H2,1-5H3,(H,24,26). The summed E-state index contributed by atoms with van der Waals surface area (Å²) in [6.07, 6.45) is 1.68. The van der Waals surface area contributed by atoms with E-state index in [-0.39, 0.29) is 4.90 Å². The fourth-order valence-corrected chi connectivity index (χ4v) is 5.29. The third-order valence-electron chi connectivity index (χ3n) is 5.59.